The molecule has 0 amide bonds. The van der Waals surface area contributed by atoms with Gasteiger partial charge >= 0.3 is 0 Å². The summed E-state index contributed by atoms with van der Waals surface area (Å²) in [7, 11) is 0. The van der Waals surface area contributed by atoms with Gasteiger partial charge in [0.1, 0.15) is 0 Å². The van der Waals surface area contributed by atoms with E-state index >= 15 is 0 Å². The van der Waals surface area contributed by atoms with Crippen molar-refractivity contribution in [2.45, 2.75) is 27.7 Å². The van der Waals surface area contributed by atoms with Gasteiger partial charge in [-0.05, 0) is 38.8 Å². The molecule has 0 atom stereocenters. The van der Waals surface area contributed by atoms with Crippen molar-refractivity contribution in [3.63, 3.8) is 0 Å². The Morgan fingerprint density at radius 2 is 1.69 bits per heavy atom. The summed E-state index contributed by atoms with van der Waals surface area (Å²) in [5, 5.41) is 0. The lowest BCUT2D eigenvalue weighted by Crippen LogP contribution is -1.93. The summed E-state index contributed by atoms with van der Waals surface area (Å²) in [5.74, 6) is 0. The minimum absolute atomic E-state index is 1.20. The molecule has 0 N–H and O–H groups in total. The summed E-state index contributed by atoms with van der Waals surface area (Å²) >= 11 is 0. The monoisotopic (exact) mass is 174 g/mol. The minimum Gasteiger partial charge on any atom is -0.315 e. The fourth-order valence-corrected chi connectivity index (χ4v) is 1.86. The van der Waals surface area contributed by atoms with Crippen molar-refractivity contribution in [2.75, 3.05) is 0 Å². The molecule has 0 unspecified atom stereocenters. The average molecular weight is 174 g/mol. The molecule has 0 aliphatic carbocycles. The van der Waals surface area contributed by atoms with Crippen LogP contribution in [0.4, 0.5) is 0 Å². The molecule has 2 nitrogen and oxygen atoms in total. The Morgan fingerprint density at radius 3 is 2.31 bits per heavy atom. The van der Waals surface area contributed by atoms with Gasteiger partial charge < -0.3 is 4.40 Å². The molecule has 2 heterocycles. The third kappa shape index (κ3) is 0.981. The highest BCUT2D eigenvalue weighted by Gasteiger charge is 2.08. The highest BCUT2D eigenvalue weighted by atomic mass is 14.9. The van der Waals surface area contributed by atoms with E-state index < -0.39 is 0 Å². The second kappa shape index (κ2) is 2.59. The Morgan fingerprint density at radius 1 is 1.00 bits per heavy atom. The maximum absolute atomic E-state index is 4.21. The maximum atomic E-state index is 4.21. The summed E-state index contributed by atoms with van der Waals surface area (Å²) in [6.07, 6.45) is 3.83. The van der Waals surface area contributed by atoms with Crippen molar-refractivity contribution in [2.24, 2.45) is 0 Å². The Bertz CT molecular complexity index is 466. The van der Waals surface area contributed by atoms with Crippen molar-refractivity contribution in [3.8, 4) is 0 Å². The van der Waals surface area contributed by atoms with Crippen molar-refractivity contribution in [1.82, 2.24) is 9.38 Å². The molecule has 2 aromatic rings. The van der Waals surface area contributed by atoms with Gasteiger partial charge in [0.15, 0.2) is 0 Å². The highest BCUT2D eigenvalue weighted by molar-refractivity contribution is 5.60. The van der Waals surface area contributed by atoms with Crippen molar-refractivity contribution < 1.29 is 0 Å². The quantitative estimate of drug-likeness (QED) is 0.600. The van der Waals surface area contributed by atoms with Gasteiger partial charge in [-0.25, -0.2) is 0 Å². The summed E-state index contributed by atoms with van der Waals surface area (Å²) < 4.78 is 2.26. The van der Waals surface area contributed by atoms with Crippen molar-refractivity contribution >= 4 is 5.52 Å². The molecule has 2 rings (SSSR count). The number of aromatic nitrogens is 2. The van der Waals surface area contributed by atoms with E-state index in [0.29, 0.717) is 0 Å². The fraction of sp³-hybridized carbons (Fsp3) is 0.364. The van der Waals surface area contributed by atoms with E-state index in [1.165, 1.54) is 28.0 Å². The molecule has 0 radical (unpaired) electrons. The number of aryl methyl sites for hydroxylation is 3. The molecule has 0 saturated heterocycles. The van der Waals surface area contributed by atoms with Gasteiger partial charge in [-0.15, -0.1) is 0 Å². The van der Waals surface area contributed by atoms with Crippen LogP contribution in [0.2, 0.25) is 0 Å². The fourth-order valence-electron chi connectivity index (χ4n) is 1.86. The Kier molecular flexibility index (Phi) is 1.65. The predicted molar refractivity (Wildman–Crippen MR) is 54.1 cm³/mol. The third-order valence-electron chi connectivity index (χ3n) is 2.88. The van der Waals surface area contributed by atoms with E-state index in [0.717, 1.165) is 0 Å². The van der Waals surface area contributed by atoms with E-state index in [4.69, 9.17) is 0 Å². The van der Waals surface area contributed by atoms with Crippen molar-refractivity contribution in [3.05, 3.63) is 34.9 Å². The lowest BCUT2D eigenvalue weighted by atomic mass is 10.2. The molecule has 0 aromatic carbocycles. The number of nitrogens with zero attached hydrogens (tertiary/aromatic N) is 2. The van der Waals surface area contributed by atoms with Crippen LogP contribution in [0.25, 0.3) is 5.52 Å². The zero-order valence-corrected chi connectivity index (χ0v) is 8.55. The molecule has 68 valence electrons. The van der Waals surface area contributed by atoms with E-state index in [2.05, 4.69) is 37.1 Å². The van der Waals surface area contributed by atoms with Gasteiger partial charge in [-0.2, -0.15) is 0 Å². The van der Waals surface area contributed by atoms with Crippen LogP contribution < -0.4 is 0 Å². The molecule has 0 saturated carbocycles. The molecule has 0 bridgehead atoms. The number of fused-ring (bicyclic) bond motifs is 1. The first kappa shape index (κ1) is 8.30. The molecule has 0 aliphatic rings. The molecular weight excluding hydrogens is 160 g/mol. The standard InChI is InChI=1S/C11H14N2/c1-7-5-12-6-11-9(3)8(2)10(4)13(7)11/h5-6H,1-4H3. The van der Waals surface area contributed by atoms with E-state index in [1.54, 1.807) is 0 Å². The molecule has 2 heteroatoms. The van der Waals surface area contributed by atoms with E-state index in [-0.39, 0.29) is 0 Å². The van der Waals surface area contributed by atoms with Gasteiger partial charge in [0.05, 0.1) is 11.7 Å². The molecule has 0 spiro atoms. The van der Waals surface area contributed by atoms with Gasteiger partial charge in [-0.1, -0.05) is 0 Å². The van der Waals surface area contributed by atoms with Crippen LogP contribution in [0.15, 0.2) is 12.4 Å². The van der Waals surface area contributed by atoms with Crippen LogP contribution in [-0.4, -0.2) is 9.38 Å². The first-order valence-corrected chi connectivity index (χ1v) is 4.51. The zero-order chi connectivity index (χ0) is 9.59. The molecular formula is C11H14N2. The summed E-state index contributed by atoms with van der Waals surface area (Å²) in [5.41, 5.74) is 6.47. The van der Waals surface area contributed by atoms with Crippen LogP contribution in [0.5, 0.6) is 0 Å². The number of rotatable bonds is 0. The maximum Gasteiger partial charge on any atom is 0.0671 e. The summed E-state index contributed by atoms with van der Waals surface area (Å²) in [4.78, 5) is 4.21. The summed E-state index contributed by atoms with van der Waals surface area (Å²) in [6.45, 7) is 8.56. The first-order chi connectivity index (χ1) is 6.13. The Balaban J connectivity index is 3.03. The van der Waals surface area contributed by atoms with Gasteiger partial charge in [0, 0.05) is 17.6 Å². The Labute approximate surface area is 78.2 Å². The molecule has 13 heavy (non-hydrogen) atoms. The molecule has 0 aliphatic heterocycles. The largest absolute Gasteiger partial charge is 0.315 e. The SMILES string of the molecule is Cc1c(C)c2cncc(C)n2c1C. The van der Waals surface area contributed by atoms with Crippen LogP contribution in [0, 0.1) is 27.7 Å². The second-order valence-corrected chi connectivity index (χ2v) is 3.60. The molecule has 2 aromatic heterocycles. The van der Waals surface area contributed by atoms with E-state index in [9.17, 15) is 0 Å². The van der Waals surface area contributed by atoms with Crippen LogP contribution in [0.1, 0.15) is 22.5 Å². The Hall–Kier alpha value is -1.31. The highest BCUT2D eigenvalue weighted by Crippen LogP contribution is 2.21. The summed E-state index contributed by atoms with van der Waals surface area (Å²) in [6, 6.07) is 0. The predicted octanol–water partition coefficient (Wildman–Crippen LogP) is 2.57. The average Bonchev–Trinajstić information content (AvgIpc) is 2.33. The van der Waals surface area contributed by atoms with Gasteiger partial charge in [0.2, 0.25) is 0 Å². The third-order valence-corrected chi connectivity index (χ3v) is 2.88. The van der Waals surface area contributed by atoms with Gasteiger partial charge in [0.25, 0.3) is 0 Å². The molecule has 0 fully saturated rings. The van der Waals surface area contributed by atoms with Crippen LogP contribution >= 0.6 is 0 Å². The van der Waals surface area contributed by atoms with Gasteiger partial charge in [-0.3, -0.25) is 4.98 Å². The zero-order valence-electron chi connectivity index (χ0n) is 8.55. The normalized spacial score (nSPS) is 11.1. The van der Waals surface area contributed by atoms with Crippen molar-refractivity contribution in [1.29, 1.82) is 0 Å². The van der Waals surface area contributed by atoms with Crippen LogP contribution in [0.3, 0.4) is 0 Å². The van der Waals surface area contributed by atoms with E-state index in [1.807, 2.05) is 12.4 Å². The van der Waals surface area contributed by atoms with Crippen LogP contribution in [-0.2, 0) is 0 Å². The topological polar surface area (TPSA) is 17.3 Å². The number of hydrogen-bond donors (Lipinski definition) is 0. The minimum atomic E-state index is 1.20. The second-order valence-electron chi connectivity index (χ2n) is 3.60. The first-order valence-electron chi connectivity index (χ1n) is 4.51. The smallest absolute Gasteiger partial charge is 0.0671 e. The number of hydrogen-bond acceptors (Lipinski definition) is 1. The lowest BCUT2D eigenvalue weighted by Gasteiger charge is -2.01. The lowest BCUT2D eigenvalue weighted by molar-refractivity contribution is 1.00.